The van der Waals surface area contributed by atoms with Gasteiger partial charge in [-0.1, -0.05) is 6.92 Å². The molecule has 1 aromatic rings. The highest BCUT2D eigenvalue weighted by Gasteiger charge is 2.37. The number of nitrogens with one attached hydrogen (secondary N) is 1. The predicted molar refractivity (Wildman–Crippen MR) is 99.7 cm³/mol. The molecule has 0 bridgehead atoms. The number of likely N-dealkylation sites (tertiary alicyclic amines) is 2. The lowest BCUT2D eigenvalue weighted by Gasteiger charge is -2.40. The van der Waals surface area contributed by atoms with E-state index in [1.54, 1.807) is 16.0 Å². The maximum atomic E-state index is 13.1. The molecule has 3 heterocycles. The van der Waals surface area contributed by atoms with E-state index >= 15 is 0 Å². The van der Waals surface area contributed by atoms with Crippen LogP contribution in [-0.4, -0.2) is 58.2 Å². The number of amides is 3. The van der Waals surface area contributed by atoms with E-state index in [2.05, 4.69) is 10.3 Å². The van der Waals surface area contributed by atoms with Crippen LogP contribution in [0.4, 0.5) is 5.13 Å². The van der Waals surface area contributed by atoms with Crippen LogP contribution in [0.15, 0.2) is 11.6 Å². The Kier molecular flexibility index (Phi) is 6.24. The molecule has 1 aromatic heterocycles. The standard InChI is InChI=1S/C18H26N4O3S/c1-2-15(23)22-10-4-3-7-14(22)17(25)21-9-5-6-13(12-21)16(24)20-18-19-8-11-26-18/h8,11,13-14H,2-7,9-10,12H2,1H3,(H,19,20,24). The van der Waals surface area contributed by atoms with E-state index in [1.165, 1.54) is 11.3 Å². The van der Waals surface area contributed by atoms with Gasteiger partial charge in [-0.15, -0.1) is 11.3 Å². The molecule has 142 valence electrons. The van der Waals surface area contributed by atoms with Gasteiger partial charge in [0.05, 0.1) is 5.92 Å². The summed E-state index contributed by atoms with van der Waals surface area (Å²) in [5.74, 6) is -0.269. The van der Waals surface area contributed by atoms with Crippen LogP contribution >= 0.6 is 11.3 Å². The van der Waals surface area contributed by atoms with Gasteiger partial charge in [-0.05, 0) is 32.1 Å². The maximum absolute atomic E-state index is 13.1. The molecule has 0 radical (unpaired) electrons. The first-order valence-electron chi connectivity index (χ1n) is 9.38. The number of piperidine rings is 2. The summed E-state index contributed by atoms with van der Waals surface area (Å²) in [7, 11) is 0. The SMILES string of the molecule is CCC(=O)N1CCCCC1C(=O)N1CCCC(C(=O)Nc2nccs2)C1. The molecule has 2 atom stereocenters. The molecule has 1 N–H and O–H groups in total. The Hall–Kier alpha value is -1.96. The number of carbonyl (C=O) groups excluding carboxylic acids is 3. The van der Waals surface area contributed by atoms with E-state index in [-0.39, 0.29) is 29.7 Å². The number of anilines is 1. The minimum absolute atomic E-state index is 0.00162. The molecular formula is C18H26N4O3S. The molecule has 2 saturated heterocycles. The molecule has 26 heavy (non-hydrogen) atoms. The summed E-state index contributed by atoms with van der Waals surface area (Å²) in [6, 6.07) is -0.364. The molecule has 0 saturated carbocycles. The summed E-state index contributed by atoms with van der Waals surface area (Å²) in [5, 5.41) is 5.24. The van der Waals surface area contributed by atoms with Gasteiger partial charge >= 0.3 is 0 Å². The van der Waals surface area contributed by atoms with E-state index < -0.39 is 0 Å². The molecule has 0 aromatic carbocycles. The Labute approximate surface area is 157 Å². The van der Waals surface area contributed by atoms with Gasteiger partial charge in [0.25, 0.3) is 0 Å². The summed E-state index contributed by atoms with van der Waals surface area (Å²) >= 11 is 1.38. The summed E-state index contributed by atoms with van der Waals surface area (Å²) in [5.41, 5.74) is 0. The number of aromatic nitrogens is 1. The summed E-state index contributed by atoms with van der Waals surface area (Å²) in [6.07, 6.45) is 6.28. The molecule has 2 unspecified atom stereocenters. The van der Waals surface area contributed by atoms with Gasteiger partial charge < -0.3 is 15.1 Å². The summed E-state index contributed by atoms with van der Waals surface area (Å²) in [4.78, 5) is 45.3. The van der Waals surface area contributed by atoms with Crippen LogP contribution in [0.2, 0.25) is 0 Å². The average molecular weight is 378 g/mol. The molecular weight excluding hydrogens is 352 g/mol. The number of nitrogens with zero attached hydrogens (tertiary/aromatic N) is 3. The van der Waals surface area contributed by atoms with E-state index in [0.717, 1.165) is 32.1 Å². The van der Waals surface area contributed by atoms with E-state index in [4.69, 9.17) is 0 Å². The van der Waals surface area contributed by atoms with Crippen LogP contribution in [0.5, 0.6) is 0 Å². The van der Waals surface area contributed by atoms with Gasteiger partial charge in [-0.25, -0.2) is 4.98 Å². The van der Waals surface area contributed by atoms with Crippen LogP contribution in [0.25, 0.3) is 0 Å². The van der Waals surface area contributed by atoms with Crippen molar-refractivity contribution in [3.05, 3.63) is 11.6 Å². The maximum Gasteiger partial charge on any atom is 0.245 e. The molecule has 2 aliphatic heterocycles. The van der Waals surface area contributed by atoms with Crippen LogP contribution in [0.3, 0.4) is 0 Å². The first-order valence-corrected chi connectivity index (χ1v) is 10.3. The van der Waals surface area contributed by atoms with Crippen molar-refractivity contribution in [3.63, 3.8) is 0 Å². The molecule has 2 fully saturated rings. The van der Waals surface area contributed by atoms with Crippen molar-refractivity contribution in [1.82, 2.24) is 14.8 Å². The van der Waals surface area contributed by atoms with Crippen LogP contribution in [0.1, 0.15) is 45.4 Å². The lowest BCUT2D eigenvalue weighted by atomic mass is 9.94. The number of carbonyl (C=O) groups is 3. The topological polar surface area (TPSA) is 82.6 Å². The Morgan fingerprint density at radius 2 is 2.08 bits per heavy atom. The largest absolute Gasteiger partial charge is 0.340 e. The fourth-order valence-corrected chi connectivity index (χ4v) is 4.32. The van der Waals surface area contributed by atoms with Crippen LogP contribution in [0, 0.1) is 5.92 Å². The van der Waals surface area contributed by atoms with E-state index in [0.29, 0.717) is 31.2 Å². The number of rotatable bonds is 4. The van der Waals surface area contributed by atoms with Crippen molar-refractivity contribution < 1.29 is 14.4 Å². The Morgan fingerprint density at radius 1 is 1.23 bits per heavy atom. The average Bonchev–Trinajstić information content (AvgIpc) is 3.20. The Bertz CT molecular complexity index is 649. The molecule has 0 spiro atoms. The zero-order chi connectivity index (χ0) is 18.5. The quantitative estimate of drug-likeness (QED) is 0.870. The van der Waals surface area contributed by atoms with Crippen molar-refractivity contribution in [3.8, 4) is 0 Å². The lowest BCUT2D eigenvalue weighted by Crippen LogP contribution is -2.55. The Balaban J connectivity index is 1.63. The smallest absolute Gasteiger partial charge is 0.245 e. The minimum atomic E-state index is -0.364. The number of thiazole rings is 1. The number of hydrogen-bond donors (Lipinski definition) is 1. The fraction of sp³-hybridized carbons (Fsp3) is 0.667. The highest BCUT2D eigenvalue weighted by molar-refractivity contribution is 7.13. The molecule has 0 aliphatic carbocycles. The number of hydrogen-bond acceptors (Lipinski definition) is 5. The van der Waals surface area contributed by atoms with Crippen LogP contribution < -0.4 is 5.32 Å². The third kappa shape index (κ3) is 4.23. The van der Waals surface area contributed by atoms with Gasteiger partial charge in [-0.3, -0.25) is 14.4 Å². The van der Waals surface area contributed by atoms with E-state index in [1.807, 2.05) is 12.3 Å². The normalized spacial score (nSPS) is 23.6. The predicted octanol–water partition coefficient (Wildman–Crippen LogP) is 2.11. The van der Waals surface area contributed by atoms with Gasteiger partial charge in [-0.2, -0.15) is 0 Å². The monoisotopic (exact) mass is 378 g/mol. The second kappa shape index (κ2) is 8.62. The van der Waals surface area contributed by atoms with Crippen molar-refractivity contribution in [2.24, 2.45) is 5.92 Å². The van der Waals surface area contributed by atoms with Crippen LogP contribution in [-0.2, 0) is 14.4 Å². The summed E-state index contributed by atoms with van der Waals surface area (Å²) < 4.78 is 0. The van der Waals surface area contributed by atoms with Crippen molar-refractivity contribution >= 4 is 34.2 Å². The minimum Gasteiger partial charge on any atom is -0.340 e. The van der Waals surface area contributed by atoms with Gasteiger partial charge in [0, 0.05) is 37.6 Å². The van der Waals surface area contributed by atoms with Gasteiger partial charge in [0.1, 0.15) is 6.04 Å². The van der Waals surface area contributed by atoms with Crippen molar-refractivity contribution in [2.75, 3.05) is 25.0 Å². The second-order valence-electron chi connectivity index (χ2n) is 6.90. The zero-order valence-corrected chi connectivity index (χ0v) is 16.0. The van der Waals surface area contributed by atoms with Crippen molar-refractivity contribution in [1.29, 1.82) is 0 Å². The van der Waals surface area contributed by atoms with Crippen molar-refractivity contribution in [2.45, 2.75) is 51.5 Å². The summed E-state index contributed by atoms with van der Waals surface area (Å²) in [6.45, 7) is 3.56. The van der Waals surface area contributed by atoms with Gasteiger partial charge in [0.2, 0.25) is 17.7 Å². The first-order chi connectivity index (χ1) is 12.6. The third-order valence-electron chi connectivity index (χ3n) is 5.18. The third-order valence-corrected chi connectivity index (χ3v) is 5.87. The lowest BCUT2D eigenvalue weighted by molar-refractivity contribution is -0.149. The second-order valence-corrected chi connectivity index (χ2v) is 7.80. The fourth-order valence-electron chi connectivity index (χ4n) is 3.78. The highest BCUT2D eigenvalue weighted by atomic mass is 32.1. The zero-order valence-electron chi connectivity index (χ0n) is 15.1. The molecule has 3 rings (SSSR count). The molecule has 2 aliphatic rings. The molecule has 8 heteroatoms. The molecule has 7 nitrogen and oxygen atoms in total. The first kappa shape index (κ1) is 18.8. The highest BCUT2D eigenvalue weighted by Crippen LogP contribution is 2.24. The Morgan fingerprint density at radius 3 is 2.81 bits per heavy atom. The van der Waals surface area contributed by atoms with Gasteiger partial charge in [0.15, 0.2) is 5.13 Å². The molecule has 3 amide bonds. The van der Waals surface area contributed by atoms with E-state index in [9.17, 15) is 14.4 Å².